The van der Waals surface area contributed by atoms with E-state index in [0.717, 1.165) is 23.0 Å². The largest absolute Gasteiger partial charge is 0.456 e. The molecule has 0 atom stereocenters. The first-order chi connectivity index (χ1) is 10.8. The van der Waals surface area contributed by atoms with Gasteiger partial charge in [-0.2, -0.15) is 13.2 Å². The van der Waals surface area contributed by atoms with Crippen LogP contribution in [0.5, 0.6) is 11.5 Å². The van der Waals surface area contributed by atoms with Crippen LogP contribution in [0.2, 0.25) is 5.02 Å². The molecule has 3 rings (SSSR count). The van der Waals surface area contributed by atoms with Gasteiger partial charge in [0.15, 0.2) is 0 Å². The Morgan fingerprint density at radius 1 is 1.04 bits per heavy atom. The van der Waals surface area contributed by atoms with Gasteiger partial charge in [-0.15, -0.1) is 0 Å². The molecule has 0 radical (unpaired) electrons. The molecule has 0 aliphatic heterocycles. The van der Waals surface area contributed by atoms with Crippen molar-refractivity contribution in [1.29, 1.82) is 0 Å². The number of ether oxygens (including phenoxy) is 1. The summed E-state index contributed by atoms with van der Waals surface area (Å²) in [6.45, 7) is 0. The molecule has 3 aromatic rings. The second-order valence-corrected chi connectivity index (χ2v) is 5.28. The minimum Gasteiger partial charge on any atom is -0.456 e. The van der Waals surface area contributed by atoms with Crippen LogP contribution in [0.4, 0.5) is 18.9 Å². The molecule has 1 aromatic heterocycles. The lowest BCUT2D eigenvalue weighted by molar-refractivity contribution is -0.137. The molecule has 1 heterocycles. The number of rotatable bonds is 2. The molecule has 0 aliphatic carbocycles. The van der Waals surface area contributed by atoms with Crippen LogP contribution in [-0.2, 0) is 6.18 Å². The van der Waals surface area contributed by atoms with Crippen molar-refractivity contribution in [2.45, 2.75) is 6.18 Å². The van der Waals surface area contributed by atoms with Gasteiger partial charge < -0.3 is 10.5 Å². The maximum absolute atomic E-state index is 12.6. The van der Waals surface area contributed by atoms with Crippen molar-refractivity contribution in [1.82, 2.24) is 4.98 Å². The van der Waals surface area contributed by atoms with Crippen molar-refractivity contribution in [2.75, 3.05) is 5.73 Å². The van der Waals surface area contributed by atoms with Gasteiger partial charge in [0.1, 0.15) is 11.5 Å². The summed E-state index contributed by atoms with van der Waals surface area (Å²) >= 11 is 5.87. The number of nitrogen functional groups attached to an aromatic ring is 1. The Kier molecular flexibility index (Phi) is 3.77. The smallest absolute Gasteiger partial charge is 0.416 e. The number of alkyl halides is 3. The topological polar surface area (TPSA) is 48.1 Å². The second kappa shape index (κ2) is 5.62. The molecule has 2 aromatic carbocycles. The Balaban J connectivity index is 1.92. The molecule has 3 nitrogen and oxygen atoms in total. The van der Waals surface area contributed by atoms with Crippen molar-refractivity contribution in [3.05, 3.63) is 59.2 Å². The zero-order valence-electron chi connectivity index (χ0n) is 11.6. The van der Waals surface area contributed by atoms with E-state index in [2.05, 4.69) is 4.98 Å². The van der Waals surface area contributed by atoms with Gasteiger partial charge in [-0.1, -0.05) is 11.6 Å². The van der Waals surface area contributed by atoms with Gasteiger partial charge in [-0.05, 0) is 42.5 Å². The van der Waals surface area contributed by atoms with Crippen LogP contribution in [0.15, 0.2) is 48.7 Å². The highest BCUT2D eigenvalue weighted by Crippen LogP contribution is 2.36. The lowest BCUT2D eigenvalue weighted by Crippen LogP contribution is -2.04. The summed E-state index contributed by atoms with van der Waals surface area (Å²) < 4.78 is 43.4. The van der Waals surface area contributed by atoms with E-state index in [9.17, 15) is 13.2 Å². The summed E-state index contributed by atoms with van der Waals surface area (Å²) in [5.74, 6) is 0.558. The lowest BCUT2D eigenvalue weighted by Gasteiger charge is -2.11. The van der Waals surface area contributed by atoms with Crippen LogP contribution in [0, 0.1) is 0 Å². The fourth-order valence-electron chi connectivity index (χ4n) is 2.08. The third kappa shape index (κ3) is 3.32. The summed E-state index contributed by atoms with van der Waals surface area (Å²) in [5, 5.41) is 0.635. The predicted octanol–water partition coefficient (Wildman–Crippen LogP) is 5.28. The van der Waals surface area contributed by atoms with Gasteiger partial charge in [0.2, 0.25) is 0 Å². The van der Waals surface area contributed by atoms with Crippen molar-refractivity contribution in [2.24, 2.45) is 0 Å². The van der Waals surface area contributed by atoms with Gasteiger partial charge in [-0.3, -0.25) is 4.98 Å². The first-order valence-electron chi connectivity index (χ1n) is 6.53. The average molecular weight is 339 g/mol. The molecule has 23 heavy (non-hydrogen) atoms. The van der Waals surface area contributed by atoms with E-state index < -0.39 is 11.7 Å². The lowest BCUT2D eigenvalue weighted by atomic mass is 10.2. The number of halogens is 4. The van der Waals surface area contributed by atoms with E-state index >= 15 is 0 Å². The highest BCUT2D eigenvalue weighted by Gasteiger charge is 2.31. The van der Waals surface area contributed by atoms with E-state index in [0.29, 0.717) is 11.4 Å². The highest BCUT2D eigenvalue weighted by molar-refractivity contribution is 6.32. The molecule has 0 aliphatic rings. The van der Waals surface area contributed by atoms with Gasteiger partial charge in [0.05, 0.1) is 28.0 Å². The minimum absolute atomic E-state index is 0.120. The third-order valence-corrected chi connectivity index (χ3v) is 3.46. The van der Waals surface area contributed by atoms with Gasteiger partial charge in [-0.25, -0.2) is 0 Å². The molecular formula is C16H10ClF3N2O. The molecule has 0 saturated heterocycles. The van der Waals surface area contributed by atoms with Gasteiger partial charge in [0.25, 0.3) is 0 Å². The Morgan fingerprint density at radius 2 is 1.83 bits per heavy atom. The van der Waals surface area contributed by atoms with E-state index in [4.69, 9.17) is 22.1 Å². The summed E-state index contributed by atoms with van der Waals surface area (Å²) in [6, 6.07) is 9.73. The van der Waals surface area contributed by atoms with Gasteiger partial charge in [0, 0.05) is 5.39 Å². The predicted molar refractivity (Wildman–Crippen MR) is 82.7 cm³/mol. The molecule has 7 heteroatoms. The fourth-order valence-corrected chi connectivity index (χ4v) is 2.30. The molecule has 0 fully saturated rings. The molecule has 0 unspecified atom stereocenters. The number of anilines is 1. The van der Waals surface area contributed by atoms with Gasteiger partial charge >= 0.3 is 6.18 Å². The van der Waals surface area contributed by atoms with Crippen molar-refractivity contribution in [3.63, 3.8) is 0 Å². The first kappa shape index (κ1) is 15.4. The number of pyridine rings is 1. The Hall–Kier alpha value is -2.47. The van der Waals surface area contributed by atoms with Crippen LogP contribution in [-0.4, -0.2) is 4.98 Å². The van der Waals surface area contributed by atoms with E-state index in [1.807, 2.05) is 0 Å². The van der Waals surface area contributed by atoms with Crippen LogP contribution in [0.3, 0.4) is 0 Å². The molecule has 0 saturated carbocycles. The molecule has 0 spiro atoms. The van der Waals surface area contributed by atoms with Crippen LogP contribution < -0.4 is 10.5 Å². The maximum atomic E-state index is 12.6. The summed E-state index contributed by atoms with van der Waals surface area (Å²) in [7, 11) is 0. The summed E-state index contributed by atoms with van der Waals surface area (Å²) in [4.78, 5) is 4.15. The van der Waals surface area contributed by atoms with E-state index in [-0.39, 0.29) is 10.8 Å². The van der Waals surface area contributed by atoms with Crippen LogP contribution >= 0.6 is 11.6 Å². The van der Waals surface area contributed by atoms with Crippen LogP contribution in [0.25, 0.3) is 10.9 Å². The highest BCUT2D eigenvalue weighted by atomic mass is 35.5. The number of hydrogen-bond donors (Lipinski definition) is 1. The quantitative estimate of drug-likeness (QED) is 0.691. The summed E-state index contributed by atoms with van der Waals surface area (Å²) in [5.41, 5.74) is 6.08. The molecule has 118 valence electrons. The van der Waals surface area contributed by atoms with E-state index in [1.54, 1.807) is 24.3 Å². The Labute approximate surface area is 134 Å². The number of fused-ring (bicyclic) bond motifs is 1. The van der Waals surface area contributed by atoms with Crippen LogP contribution in [0.1, 0.15) is 5.56 Å². The van der Waals surface area contributed by atoms with Crippen molar-refractivity contribution >= 4 is 28.2 Å². The fraction of sp³-hybridized carbons (Fsp3) is 0.0625. The maximum Gasteiger partial charge on any atom is 0.416 e. The zero-order valence-corrected chi connectivity index (χ0v) is 12.3. The standard InChI is InChI=1S/C16H10ClF3N2O/c17-13-7-10(16(18,19)20)1-4-15(13)23-12-2-3-14-9(6-12)5-11(21)8-22-14/h1-8H,21H2. The summed E-state index contributed by atoms with van der Waals surface area (Å²) in [6.07, 6.45) is -2.91. The number of nitrogens with two attached hydrogens (primary N) is 1. The SMILES string of the molecule is Nc1cnc2ccc(Oc3ccc(C(F)(F)F)cc3Cl)cc2c1. The molecule has 2 N–H and O–H groups in total. The molecule has 0 bridgehead atoms. The van der Waals surface area contributed by atoms with E-state index in [1.165, 1.54) is 12.3 Å². The molecule has 0 amide bonds. The minimum atomic E-state index is -4.45. The van der Waals surface area contributed by atoms with Crippen molar-refractivity contribution < 1.29 is 17.9 Å². The number of benzene rings is 2. The normalized spacial score (nSPS) is 11.7. The molecular weight excluding hydrogens is 329 g/mol. The number of nitrogens with zero attached hydrogens (tertiary/aromatic N) is 1. The third-order valence-electron chi connectivity index (χ3n) is 3.16. The first-order valence-corrected chi connectivity index (χ1v) is 6.90. The average Bonchev–Trinajstić information content (AvgIpc) is 2.48. The zero-order chi connectivity index (χ0) is 16.6. The second-order valence-electron chi connectivity index (χ2n) is 4.87. The van der Waals surface area contributed by atoms with Crippen molar-refractivity contribution in [3.8, 4) is 11.5 Å². The Morgan fingerprint density at radius 3 is 2.52 bits per heavy atom. The number of aromatic nitrogens is 1. The monoisotopic (exact) mass is 338 g/mol. The number of hydrogen-bond acceptors (Lipinski definition) is 3. The Bertz CT molecular complexity index is 881.